The lowest BCUT2D eigenvalue weighted by molar-refractivity contribution is 0.432. The Labute approximate surface area is 154 Å². The average molecular weight is 350 g/mol. The smallest absolute Gasteiger partial charge is 0.258 e. The van der Waals surface area contributed by atoms with E-state index in [1.165, 1.54) is 0 Å². The highest BCUT2D eigenvalue weighted by Gasteiger charge is 2.16. The van der Waals surface area contributed by atoms with E-state index >= 15 is 0 Å². The molecule has 5 nitrogen and oxygen atoms in total. The van der Waals surface area contributed by atoms with Gasteiger partial charge in [-0.2, -0.15) is 4.98 Å². The summed E-state index contributed by atoms with van der Waals surface area (Å²) < 4.78 is 5.57. The van der Waals surface area contributed by atoms with E-state index < -0.39 is 0 Å². The van der Waals surface area contributed by atoms with Gasteiger partial charge in [-0.25, -0.2) is 0 Å². The van der Waals surface area contributed by atoms with Crippen molar-refractivity contribution in [2.45, 2.75) is 59.8 Å². The number of pyridine rings is 2. The maximum Gasteiger partial charge on any atom is 0.258 e. The van der Waals surface area contributed by atoms with Crippen LogP contribution in [0, 0.1) is 13.8 Å². The summed E-state index contributed by atoms with van der Waals surface area (Å²) >= 11 is 0. The van der Waals surface area contributed by atoms with E-state index in [0.717, 1.165) is 53.2 Å². The predicted molar refractivity (Wildman–Crippen MR) is 103 cm³/mol. The van der Waals surface area contributed by atoms with Crippen molar-refractivity contribution >= 4 is 0 Å². The highest BCUT2D eigenvalue weighted by atomic mass is 16.5. The van der Waals surface area contributed by atoms with Crippen LogP contribution < -0.4 is 0 Å². The first-order valence-corrected chi connectivity index (χ1v) is 9.34. The standard InChI is InChI=1S/C21H26N4O/c1-6-15(7-2)19-12-17(10-14(5)23-19)21-24-20(25-26-21)16-9-13(4)22-18(8-3)11-16/h9-12,15H,6-8H2,1-5H3. The number of hydrogen-bond acceptors (Lipinski definition) is 5. The van der Waals surface area contributed by atoms with Crippen molar-refractivity contribution in [1.29, 1.82) is 0 Å². The van der Waals surface area contributed by atoms with Gasteiger partial charge in [0.25, 0.3) is 5.89 Å². The normalized spacial score (nSPS) is 11.3. The molecule has 0 fully saturated rings. The molecule has 136 valence electrons. The Bertz CT molecular complexity index is 897. The van der Waals surface area contributed by atoms with Crippen LogP contribution in [0.1, 0.15) is 62.3 Å². The molecule has 0 spiro atoms. The molecule has 0 aliphatic heterocycles. The Morgan fingerprint density at radius 1 is 0.846 bits per heavy atom. The van der Waals surface area contributed by atoms with E-state index in [0.29, 0.717) is 17.6 Å². The summed E-state index contributed by atoms with van der Waals surface area (Å²) in [5.74, 6) is 1.58. The van der Waals surface area contributed by atoms with E-state index in [9.17, 15) is 0 Å². The summed E-state index contributed by atoms with van der Waals surface area (Å²) in [6.45, 7) is 10.5. The molecule has 0 atom stereocenters. The fourth-order valence-corrected chi connectivity index (χ4v) is 3.24. The Morgan fingerprint density at radius 2 is 1.54 bits per heavy atom. The number of nitrogens with zero attached hydrogens (tertiary/aromatic N) is 4. The third kappa shape index (κ3) is 3.82. The SMILES string of the molecule is CCc1cc(-c2noc(-c3cc(C)nc(C(CC)CC)c3)n2)cc(C)n1. The molecule has 3 heterocycles. The van der Waals surface area contributed by atoms with Crippen molar-refractivity contribution in [2.24, 2.45) is 0 Å². The molecular weight excluding hydrogens is 324 g/mol. The molecule has 0 N–H and O–H groups in total. The molecule has 0 aliphatic rings. The summed E-state index contributed by atoms with van der Waals surface area (Å²) in [5.41, 5.74) is 5.92. The van der Waals surface area contributed by atoms with Gasteiger partial charge in [-0.05, 0) is 57.4 Å². The largest absolute Gasteiger partial charge is 0.334 e. The van der Waals surface area contributed by atoms with E-state index in [4.69, 9.17) is 9.51 Å². The van der Waals surface area contributed by atoms with Crippen LogP contribution in [-0.2, 0) is 6.42 Å². The maximum atomic E-state index is 5.57. The first-order valence-electron chi connectivity index (χ1n) is 9.34. The molecule has 0 unspecified atom stereocenters. The highest BCUT2D eigenvalue weighted by Crippen LogP contribution is 2.28. The molecule has 3 aromatic heterocycles. The van der Waals surface area contributed by atoms with Crippen molar-refractivity contribution in [3.8, 4) is 22.8 Å². The zero-order valence-corrected chi connectivity index (χ0v) is 16.2. The second-order valence-corrected chi connectivity index (χ2v) is 6.70. The third-order valence-electron chi connectivity index (χ3n) is 4.68. The predicted octanol–water partition coefficient (Wildman–Crippen LogP) is 5.28. The molecule has 0 saturated heterocycles. The Balaban J connectivity index is 1.99. The summed E-state index contributed by atoms with van der Waals surface area (Å²) in [4.78, 5) is 13.8. The topological polar surface area (TPSA) is 64.7 Å². The minimum atomic E-state index is 0.450. The van der Waals surface area contributed by atoms with E-state index in [1.807, 2.05) is 32.0 Å². The monoisotopic (exact) mass is 350 g/mol. The Morgan fingerprint density at radius 3 is 2.23 bits per heavy atom. The average Bonchev–Trinajstić information content (AvgIpc) is 3.12. The fraction of sp³-hybridized carbons (Fsp3) is 0.429. The maximum absolute atomic E-state index is 5.57. The minimum absolute atomic E-state index is 0.450. The molecule has 0 aromatic carbocycles. The molecule has 0 aliphatic carbocycles. The van der Waals surface area contributed by atoms with Gasteiger partial charge < -0.3 is 4.52 Å². The molecule has 3 aromatic rings. The summed E-state index contributed by atoms with van der Waals surface area (Å²) in [6.07, 6.45) is 3.01. The second kappa shape index (κ2) is 7.77. The van der Waals surface area contributed by atoms with Crippen LogP contribution in [0.4, 0.5) is 0 Å². The van der Waals surface area contributed by atoms with Crippen LogP contribution in [0.15, 0.2) is 28.8 Å². The van der Waals surface area contributed by atoms with Gasteiger partial charge >= 0.3 is 0 Å². The fourth-order valence-electron chi connectivity index (χ4n) is 3.24. The lowest BCUT2D eigenvalue weighted by Crippen LogP contribution is -2.01. The summed E-state index contributed by atoms with van der Waals surface area (Å²) in [7, 11) is 0. The van der Waals surface area contributed by atoms with Crippen molar-refractivity contribution in [3.05, 3.63) is 47.0 Å². The van der Waals surface area contributed by atoms with Crippen molar-refractivity contribution < 1.29 is 4.52 Å². The number of aryl methyl sites for hydroxylation is 3. The van der Waals surface area contributed by atoms with Crippen LogP contribution in [0.25, 0.3) is 22.8 Å². The van der Waals surface area contributed by atoms with Crippen LogP contribution in [0.5, 0.6) is 0 Å². The van der Waals surface area contributed by atoms with Gasteiger partial charge in [0.2, 0.25) is 5.82 Å². The lowest BCUT2D eigenvalue weighted by atomic mass is 9.97. The molecule has 5 heteroatoms. The minimum Gasteiger partial charge on any atom is -0.334 e. The molecule has 3 rings (SSSR count). The first-order chi connectivity index (χ1) is 12.5. The van der Waals surface area contributed by atoms with Gasteiger partial charge in [0.1, 0.15) is 0 Å². The molecule has 26 heavy (non-hydrogen) atoms. The van der Waals surface area contributed by atoms with Crippen molar-refractivity contribution in [3.63, 3.8) is 0 Å². The Hall–Kier alpha value is -2.56. The van der Waals surface area contributed by atoms with Gasteiger partial charge in [-0.15, -0.1) is 0 Å². The van der Waals surface area contributed by atoms with Crippen molar-refractivity contribution in [1.82, 2.24) is 20.1 Å². The number of hydrogen-bond donors (Lipinski definition) is 0. The molecule has 0 radical (unpaired) electrons. The highest BCUT2D eigenvalue weighted by molar-refractivity contribution is 5.61. The first kappa shape index (κ1) is 18.2. The van der Waals surface area contributed by atoms with Crippen LogP contribution in [0.2, 0.25) is 0 Å². The van der Waals surface area contributed by atoms with Gasteiger partial charge in [-0.3, -0.25) is 9.97 Å². The van der Waals surface area contributed by atoms with Crippen LogP contribution >= 0.6 is 0 Å². The molecular formula is C21H26N4O. The number of aromatic nitrogens is 4. The van der Waals surface area contributed by atoms with Gasteiger partial charge in [0.05, 0.1) is 0 Å². The van der Waals surface area contributed by atoms with Crippen LogP contribution in [-0.4, -0.2) is 20.1 Å². The van der Waals surface area contributed by atoms with Crippen LogP contribution in [0.3, 0.4) is 0 Å². The van der Waals surface area contributed by atoms with E-state index in [-0.39, 0.29) is 0 Å². The Kier molecular flexibility index (Phi) is 5.45. The quantitative estimate of drug-likeness (QED) is 0.605. The van der Waals surface area contributed by atoms with Gasteiger partial charge in [0, 0.05) is 39.8 Å². The summed E-state index contributed by atoms with van der Waals surface area (Å²) in [5, 5.41) is 4.19. The third-order valence-corrected chi connectivity index (χ3v) is 4.68. The van der Waals surface area contributed by atoms with E-state index in [2.05, 4.69) is 42.0 Å². The van der Waals surface area contributed by atoms with Gasteiger partial charge in [0.15, 0.2) is 0 Å². The molecule has 0 amide bonds. The zero-order valence-electron chi connectivity index (χ0n) is 16.2. The zero-order chi connectivity index (χ0) is 18.7. The lowest BCUT2D eigenvalue weighted by Gasteiger charge is -2.13. The van der Waals surface area contributed by atoms with E-state index in [1.54, 1.807) is 0 Å². The molecule has 0 saturated carbocycles. The summed E-state index contributed by atoms with van der Waals surface area (Å²) in [6, 6.07) is 8.09. The van der Waals surface area contributed by atoms with Crippen molar-refractivity contribution in [2.75, 3.05) is 0 Å². The second-order valence-electron chi connectivity index (χ2n) is 6.70. The van der Waals surface area contributed by atoms with Gasteiger partial charge in [-0.1, -0.05) is 25.9 Å². The number of rotatable bonds is 6. The molecule has 0 bridgehead atoms.